The number of nitrogens with one attached hydrogen (secondary N) is 1. The Labute approximate surface area is 130 Å². The first-order chi connectivity index (χ1) is 10.2. The van der Waals surface area contributed by atoms with Gasteiger partial charge in [0.05, 0.1) is 0 Å². The average molecular weight is 306 g/mol. The van der Waals surface area contributed by atoms with Crippen LogP contribution in [0.1, 0.15) is 25.7 Å². The molecule has 1 aromatic rings. The zero-order valence-corrected chi connectivity index (χ0v) is 12.8. The van der Waals surface area contributed by atoms with E-state index in [1.165, 1.54) is 19.3 Å². The fourth-order valence-electron chi connectivity index (χ4n) is 2.85. The molecule has 4 nitrogen and oxygen atoms in total. The van der Waals surface area contributed by atoms with Crippen LogP contribution < -0.4 is 5.32 Å². The highest BCUT2D eigenvalue weighted by Crippen LogP contribution is 2.21. The molecule has 1 fully saturated rings. The van der Waals surface area contributed by atoms with Gasteiger partial charge in [-0.3, -0.25) is 9.80 Å². The quantitative estimate of drug-likeness (QED) is 0.931. The van der Waals surface area contributed by atoms with Gasteiger partial charge in [-0.1, -0.05) is 18.0 Å². The lowest BCUT2D eigenvalue weighted by Crippen LogP contribution is -2.50. The van der Waals surface area contributed by atoms with Crippen molar-refractivity contribution in [2.24, 2.45) is 0 Å². The minimum absolute atomic E-state index is 0.0830. The molecule has 1 saturated heterocycles. The van der Waals surface area contributed by atoms with Crippen LogP contribution in [0.25, 0.3) is 0 Å². The second kappa shape index (κ2) is 6.50. The van der Waals surface area contributed by atoms with E-state index < -0.39 is 0 Å². The Balaban J connectivity index is 1.64. The van der Waals surface area contributed by atoms with Crippen molar-refractivity contribution in [1.29, 1.82) is 0 Å². The SMILES string of the molecule is O=C1C=C(Nc2ccc(Cl)cc2)CCN1N1CCCCC1. The molecule has 0 bridgehead atoms. The maximum absolute atomic E-state index is 12.3. The standard InChI is InChI=1S/C16H20ClN3O/c17-13-4-6-14(7-5-13)18-15-8-11-20(16(21)12-15)19-9-2-1-3-10-19/h4-7,12,18H,1-3,8-11H2. The summed E-state index contributed by atoms with van der Waals surface area (Å²) in [5, 5.41) is 8.10. The van der Waals surface area contributed by atoms with E-state index in [1.54, 1.807) is 6.08 Å². The zero-order chi connectivity index (χ0) is 14.7. The Morgan fingerprint density at radius 3 is 2.38 bits per heavy atom. The molecule has 1 N–H and O–H groups in total. The number of hydrogen-bond donors (Lipinski definition) is 1. The molecule has 21 heavy (non-hydrogen) atoms. The minimum Gasteiger partial charge on any atom is -0.359 e. The van der Waals surface area contributed by atoms with E-state index in [2.05, 4.69) is 10.3 Å². The van der Waals surface area contributed by atoms with Gasteiger partial charge in [0.2, 0.25) is 0 Å². The molecular formula is C16H20ClN3O. The average Bonchev–Trinajstić information content (AvgIpc) is 2.51. The van der Waals surface area contributed by atoms with Crippen LogP contribution >= 0.6 is 11.6 Å². The van der Waals surface area contributed by atoms with Crippen molar-refractivity contribution in [3.05, 3.63) is 41.1 Å². The number of amides is 1. The van der Waals surface area contributed by atoms with E-state index in [0.717, 1.165) is 37.4 Å². The molecule has 2 aliphatic rings. The van der Waals surface area contributed by atoms with Crippen molar-refractivity contribution in [3.8, 4) is 0 Å². The number of nitrogens with zero attached hydrogens (tertiary/aromatic N) is 2. The third kappa shape index (κ3) is 3.57. The summed E-state index contributed by atoms with van der Waals surface area (Å²) in [6, 6.07) is 7.53. The predicted octanol–water partition coefficient (Wildman–Crippen LogP) is 3.27. The van der Waals surface area contributed by atoms with Crippen molar-refractivity contribution in [2.45, 2.75) is 25.7 Å². The number of halogens is 1. The Bertz CT molecular complexity index is 535. The highest BCUT2D eigenvalue weighted by atomic mass is 35.5. The smallest absolute Gasteiger partial charge is 0.262 e. The molecule has 0 spiro atoms. The van der Waals surface area contributed by atoms with Gasteiger partial charge < -0.3 is 5.32 Å². The first kappa shape index (κ1) is 14.4. The zero-order valence-electron chi connectivity index (χ0n) is 12.0. The monoisotopic (exact) mass is 305 g/mol. The van der Waals surface area contributed by atoms with E-state index in [4.69, 9.17) is 11.6 Å². The first-order valence-corrected chi connectivity index (χ1v) is 7.90. The van der Waals surface area contributed by atoms with Crippen LogP contribution in [0.3, 0.4) is 0 Å². The van der Waals surface area contributed by atoms with Gasteiger partial charge in [-0.2, -0.15) is 0 Å². The van der Waals surface area contributed by atoms with Gasteiger partial charge in [-0.25, -0.2) is 5.01 Å². The molecule has 2 aliphatic heterocycles. The van der Waals surface area contributed by atoms with E-state index in [-0.39, 0.29) is 5.91 Å². The number of hydrogen-bond acceptors (Lipinski definition) is 3. The van der Waals surface area contributed by atoms with Crippen molar-refractivity contribution in [2.75, 3.05) is 25.0 Å². The minimum atomic E-state index is 0.0830. The predicted molar refractivity (Wildman–Crippen MR) is 84.9 cm³/mol. The van der Waals surface area contributed by atoms with Crippen molar-refractivity contribution >= 4 is 23.2 Å². The van der Waals surface area contributed by atoms with Crippen LogP contribution in [0.4, 0.5) is 5.69 Å². The Morgan fingerprint density at radius 2 is 1.71 bits per heavy atom. The number of anilines is 1. The van der Waals surface area contributed by atoms with Crippen LogP contribution in [0.5, 0.6) is 0 Å². The third-order valence-corrected chi connectivity index (χ3v) is 4.22. The molecular weight excluding hydrogens is 286 g/mol. The maximum Gasteiger partial charge on any atom is 0.262 e. The van der Waals surface area contributed by atoms with Crippen LogP contribution in [-0.4, -0.2) is 35.6 Å². The summed E-state index contributed by atoms with van der Waals surface area (Å²) in [4.78, 5) is 12.3. The second-order valence-electron chi connectivity index (χ2n) is 5.53. The number of carbonyl (C=O) groups excluding carboxylic acids is 1. The number of rotatable bonds is 3. The van der Waals surface area contributed by atoms with Crippen LogP contribution in [0.2, 0.25) is 5.02 Å². The second-order valence-corrected chi connectivity index (χ2v) is 5.96. The topological polar surface area (TPSA) is 35.6 Å². The van der Waals surface area contributed by atoms with E-state index in [1.807, 2.05) is 29.3 Å². The number of benzene rings is 1. The summed E-state index contributed by atoms with van der Waals surface area (Å²) >= 11 is 5.87. The summed E-state index contributed by atoms with van der Waals surface area (Å²) in [7, 11) is 0. The first-order valence-electron chi connectivity index (χ1n) is 7.52. The molecule has 0 radical (unpaired) electrons. The lowest BCUT2D eigenvalue weighted by Gasteiger charge is -2.38. The molecule has 0 aromatic heterocycles. The normalized spacial score (nSPS) is 20.3. The molecule has 3 rings (SSSR count). The van der Waals surface area contributed by atoms with Gasteiger partial charge >= 0.3 is 0 Å². The lowest BCUT2D eigenvalue weighted by molar-refractivity contribution is -0.146. The Morgan fingerprint density at radius 1 is 1.00 bits per heavy atom. The van der Waals surface area contributed by atoms with Crippen molar-refractivity contribution in [1.82, 2.24) is 10.0 Å². The van der Waals surface area contributed by atoms with Gasteiger partial charge in [0.15, 0.2) is 0 Å². The van der Waals surface area contributed by atoms with Crippen LogP contribution in [-0.2, 0) is 4.79 Å². The van der Waals surface area contributed by atoms with Crippen LogP contribution in [0, 0.1) is 0 Å². The van der Waals surface area contributed by atoms with Crippen LogP contribution in [0.15, 0.2) is 36.0 Å². The lowest BCUT2D eigenvalue weighted by atomic mass is 10.1. The number of carbonyl (C=O) groups is 1. The fourth-order valence-corrected chi connectivity index (χ4v) is 2.97. The van der Waals surface area contributed by atoms with Gasteiger partial charge in [0.25, 0.3) is 5.91 Å². The Hall–Kier alpha value is -1.52. The van der Waals surface area contributed by atoms with E-state index in [9.17, 15) is 4.79 Å². The highest BCUT2D eigenvalue weighted by molar-refractivity contribution is 6.30. The molecule has 5 heteroatoms. The largest absolute Gasteiger partial charge is 0.359 e. The molecule has 0 aliphatic carbocycles. The Kier molecular flexibility index (Phi) is 4.46. The van der Waals surface area contributed by atoms with Crippen molar-refractivity contribution in [3.63, 3.8) is 0 Å². The molecule has 1 aromatic carbocycles. The van der Waals surface area contributed by atoms with E-state index in [0.29, 0.717) is 5.02 Å². The van der Waals surface area contributed by atoms with Gasteiger partial charge in [-0.15, -0.1) is 0 Å². The van der Waals surface area contributed by atoms with Gasteiger partial charge in [0, 0.05) is 48.5 Å². The third-order valence-electron chi connectivity index (χ3n) is 3.97. The summed E-state index contributed by atoms with van der Waals surface area (Å²) < 4.78 is 0. The summed E-state index contributed by atoms with van der Waals surface area (Å²) in [5.74, 6) is 0.0830. The summed E-state index contributed by atoms with van der Waals surface area (Å²) in [5.41, 5.74) is 1.93. The highest BCUT2D eigenvalue weighted by Gasteiger charge is 2.25. The molecule has 0 saturated carbocycles. The molecule has 0 atom stereocenters. The molecule has 112 valence electrons. The molecule has 2 heterocycles. The van der Waals surface area contributed by atoms with Crippen molar-refractivity contribution < 1.29 is 4.79 Å². The summed E-state index contributed by atoms with van der Waals surface area (Å²) in [6.45, 7) is 2.75. The van der Waals surface area contributed by atoms with Gasteiger partial charge in [-0.05, 0) is 37.1 Å². The van der Waals surface area contributed by atoms with E-state index >= 15 is 0 Å². The molecule has 0 unspecified atom stereocenters. The number of hydrazine groups is 1. The van der Waals surface area contributed by atoms with Gasteiger partial charge in [0.1, 0.15) is 0 Å². The summed E-state index contributed by atoms with van der Waals surface area (Å²) in [6.07, 6.45) is 6.21. The maximum atomic E-state index is 12.3. The molecule has 1 amide bonds. The number of piperidine rings is 1. The fraction of sp³-hybridized carbons (Fsp3) is 0.438.